The smallest absolute Gasteiger partial charge is 0.267 e. The highest BCUT2D eigenvalue weighted by molar-refractivity contribution is 5.98. The predicted octanol–water partition coefficient (Wildman–Crippen LogP) is 0.706. The summed E-state index contributed by atoms with van der Waals surface area (Å²) in [5.74, 6) is 0.0696. The first-order valence-electron chi connectivity index (χ1n) is 6.10. The zero-order chi connectivity index (χ0) is 14.0. The summed E-state index contributed by atoms with van der Waals surface area (Å²) >= 11 is 0. The monoisotopic (exact) mass is 266 g/mol. The van der Waals surface area contributed by atoms with Crippen molar-refractivity contribution in [3.63, 3.8) is 0 Å². The molecule has 1 aliphatic rings. The summed E-state index contributed by atoms with van der Waals surface area (Å²) in [6.45, 7) is 2.34. The minimum absolute atomic E-state index is 0.114. The molecule has 0 saturated carbocycles. The first-order valence-corrected chi connectivity index (χ1v) is 6.10. The third kappa shape index (κ3) is 2.86. The zero-order valence-corrected chi connectivity index (χ0v) is 11.0. The van der Waals surface area contributed by atoms with Crippen molar-refractivity contribution < 1.29 is 19.5 Å². The minimum atomic E-state index is -0.698. The molecule has 3 N–H and O–H groups in total. The molecule has 1 aromatic carbocycles. The normalized spacial score (nSPS) is 20.1. The van der Waals surface area contributed by atoms with Crippen molar-refractivity contribution in [2.45, 2.75) is 25.5 Å². The summed E-state index contributed by atoms with van der Waals surface area (Å²) < 4.78 is 10.6. The number of anilines is 1. The van der Waals surface area contributed by atoms with E-state index in [1.165, 1.54) is 0 Å². The lowest BCUT2D eigenvalue weighted by atomic mass is 9.99. The number of carbonyl (C=O) groups is 1. The van der Waals surface area contributed by atoms with Gasteiger partial charge in [0.2, 0.25) is 0 Å². The number of hydrogen-bond donors (Lipinski definition) is 2. The van der Waals surface area contributed by atoms with Crippen molar-refractivity contribution in [1.29, 1.82) is 0 Å². The summed E-state index contributed by atoms with van der Waals surface area (Å²) in [5, 5.41) is 10.4. The predicted molar refractivity (Wildman–Crippen MR) is 69.4 cm³/mol. The largest absolute Gasteiger partial charge is 0.488 e. The number of nitrogens with zero attached hydrogens (tertiary/aromatic N) is 1. The lowest BCUT2D eigenvalue weighted by Crippen LogP contribution is -2.47. The summed E-state index contributed by atoms with van der Waals surface area (Å²) in [7, 11) is 1.60. The molecule has 1 unspecified atom stereocenters. The van der Waals surface area contributed by atoms with E-state index in [4.69, 9.17) is 15.2 Å². The van der Waals surface area contributed by atoms with Gasteiger partial charge in [0.05, 0.1) is 18.3 Å². The average molecular weight is 266 g/mol. The van der Waals surface area contributed by atoms with Crippen molar-refractivity contribution >= 4 is 11.6 Å². The number of methoxy groups -OCH3 is 1. The van der Waals surface area contributed by atoms with E-state index in [9.17, 15) is 10.0 Å². The summed E-state index contributed by atoms with van der Waals surface area (Å²) in [6.07, 6.45) is 0.302. The number of hydroxylamine groups is 1. The lowest BCUT2D eigenvalue weighted by Gasteiger charge is -2.28. The van der Waals surface area contributed by atoms with Crippen LogP contribution in [0.3, 0.4) is 0 Å². The van der Waals surface area contributed by atoms with Gasteiger partial charge in [-0.15, -0.1) is 0 Å². The van der Waals surface area contributed by atoms with Crippen molar-refractivity contribution in [3.05, 3.63) is 23.8 Å². The average Bonchev–Trinajstić information content (AvgIpc) is 2.37. The molecule has 0 spiro atoms. The maximum Gasteiger partial charge on any atom is 0.267 e. The van der Waals surface area contributed by atoms with E-state index in [0.717, 1.165) is 5.56 Å². The van der Waals surface area contributed by atoms with Crippen molar-refractivity contribution in [3.8, 4) is 5.75 Å². The highest BCUT2D eigenvalue weighted by atomic mass is 16.5. The number of amides is 1. The Morgan fingerprint density at radius 2 is 2.32 bits per heavy atom. The molecule has 1 aromatic rings. The molecule has 19 heavy (non-hydrogen) atoms. The maximum atomic E-state index is 11.6. The Morgan fingerprint density at radius 3 is 3.00 bits per heavy atom. The number of benzene rings is 1. The van der Waals surface area contributed by atoms with Crippen LogP contribution in [0.2, 0.25) is 0 Å². The molecule has 0 aliphatic carbocycles. The molecule has 0 bridgehead atoms. The van der Waals surface area contributed by atoms with Crippen LogP contribution in [-0.4, -0.2) is 37.0 Å². The van der Waals surface area contributed by atoms with Crippen LogP contribution in [0.15, 0.2) is 18.2 Å². The SMILES string of the molecule is COC[C@H](C)Oc1ccc2c(c1)N(O)C(=O)C(N)C2. The second-order valence-corrected chi connectivity index (χ2v) is 4.63. The molecule has 6 nitrogen and oxygen atoms in total. The number of rotatable bonds is 4. The van der Waals surface area contributed by atoms with E-state index in [2.05, 4.69) is 0 Å². The fourth-order valence-corrected chi connectivity index (χ4v) is 2.09. The fraction of sp³-hybridized carbons (Fsp3) is 0.462. The van der Waals surface area contributed by atoms with E-state index in [1.807, 2.05) is 6.92 Å². The van der Waals surface area contributed by atoms with E-state index >= 15 is 0 Å². The number of carbonyl (C=O) groups excluding carboxylic acids is 1. The van der Waals surface area contributed by atoms with Gasteiger partial charge in [0, 0.05) is 13.2 Å². The molecule has 6 heteroatoms. The van der Waals surface area contributed by atoms with Crippen LogP contribution in [0, 0.1) is 0 Å². The van der Waals surface area contributed by atoms with E-state index in [-0.39, 0.29) is 6.10 Å². The van der Waals surface area contributed by atoms with Crippen LogP contribution < -0.4 is 15.5 Å². The molecule has 1 heterocycles. The fourth-order valence-electron chi connectivity index (χ4n) is 2.09. The third-order valence-corrected chi connectivity index (χ3v) is 2.99. The van der Waals surface area contributed by atoms with Gasteiger partial charge in [0.15, 0.2) is 0 Å². The van der Waals surface area contributed by atoms with Gasteiger partial charge in [-0.3, -0.25) is 10.0 Å². The Morgan fingerprint density at radius 1 is 1.58 bits per heavy atom. The first kappa shape index (κ1) is 13.8. The van der Waals surface area contributed by atoms with Gasteiger partial charge >= 0.3 is 0 Å². The van der Waals surface area contributed by atoms with E-state index in [1.54, 1.807) is 25.3 Å². The highest BCUT2D eigenvalue weighted by Crippen LogP contribution is 2.30. The van der Waals surface area contributed by atoms with Crippen molar-refractivity contribution in [2.75, 3.05) is 18.8 Å². The van der Waals surface area contributed by atoms with Gasteiger partial charge in [0.1, 0.15) is 11.9 Å². The van der Waals surface area contributed by atoms with Crippen molar-refractivity contribution in [2.24, 2.45) is 5.73 Å². The van der Waals surface area contributed by atoms with Gasteiger partial charge in [0.25, 0.3) is 5.91 Å². The van der Waals surface area contributed by atoms with Crippen LogP contribution in [0.1, 0.15) is 12.5 Å². The Balaban J connectivity index is 2.21. The summed E-state index contributed by atoms with van der Waals surface area (Å²) in [4.78, 5) is 11.6. The molecule has 1 aliphatic heterocycles. The van der Waals surface area contributed by atoms with Gasteiger partial charge in [-0.2, -0.15) is 5.06 Å². The second kappa shape index (κ2) is 5.56. The molecular formula is C13H18N2O4. The van der Waals surface area contributed by atoms with Crippen LogP contribution in [0.5, 0.6) is 5.75 Å². The Kier molecular flexibility index (Phi) is 4.04. The number of fused-ring (bicyclic) bond motifs is 1. The highest BCUT2D eigenvalue weighted by Gasteiger charge is 2.30. The number of ether oxygens (including phenoxy) is 2. The van der Waals surface area contributed by atoms with Crippen LogP contribution in [0.4, 0.5) is 5.69 Å². The number of nitrogens with two attached hydrogens (primary N) is 1. The molecular weight excluding hydrogens is 248 g/mol. The molecule has 0 saturated heterocycles. The molecule has 2 rings (SSSR count). The molecule has 0 fully saturated rings. The molecule has 0 radical (unpaired) electrons. The van der Waals surface area contributed by atoms with E-state index in [0.29, 0.717) is 29.5 Å². The summed E-state index contributed by atoms with van der Waals surface area (Å²) in [5.41, 5.74) is 6.89. The summed E-state index contributed by atoms with van der Waals surface area (Å²) in [6, 6.07) is 4.53. The molecule has 104 valence electrons. The van der Waals surface area contributed by atoms with Gasteiger partial charge in [-0.25, -0.2) is 0 Å². The van der Waals surface area contributed by atoms with Gasteiger partial charge in [-0.05, 0) is 25.0 Å². The molecule has 0 aromatic heterocycles. The van der Waals surface area contributed by atoms with Gasteiger partial charge < -0.3 is 15.2 Å². The van der Waals surface area contributed by atoms with Crippen LogP contribution >= 0.6 is 0 Å². The van der Waals surface area contributed by atoms with Crippen LogP contribution in [0.25, 0.3) is 0 Å². The maximum absolute atomic E-state index is 11.6. The van der Waals surface area contributed by atoms with Crippen LogP contribution in [-0.2, 0) is 16.0 Å². The third-order valence-electron chi connectivity index (χ3n) is 2.99. The Bertz CT molecular complexity index is 478. The first-order chi connectivity index (χ1) is 9.02. The quantitative estimate of drug-likeness (QED) is 0.784. The minimum Gasteiger partial charge on any atom is -0.488 e. The Hall–Kier alpha value is -1.63. The van der Waals surface area contributed by atoms with Gasteiger partial charge in [-0.1, -0.05) is 6.07 Å². The van der Waals surface area contributed by atoms with Crippen molar-refractivity contribution in [1.82, 2.24) is 0 Å². The topological polar surface area (TPSA) is 85.0 Å². The van der Waals surface area contributed by atoms with E-state index < -0.39 is 11.9 Å². The zero-order valence-electron chi connectivity index (χ0n) is 11.0. The standard InChI is InChI=1S/C13H18N2O4/c1-8(7-18-2)19-10-4-3-9-5-11(14)13(16)15(17)12(9)6-10/h3-4,6,8,11,17H,5,7,14H2,1-2H3/t8-,11?/m0/s1. The molecule has 1 amide bonds. The second-order valence-electron chi connectivity index (χ2n) is 4.63. The lowest BCUT2D eigenvalue weighted by molar-refractivity contribution is -0.125. The Labute approximate surface area is 111 Å². The molecule has 2 atom stereocenters. The number of hydrogen-bond acceptors (Lipinski definition) is 5.